The summed E-state index contributed by atoms with van der Waals surface area (Å²) in [6.07, 6.45) is -0.988. The number of halogens is 4. The van der Waals surface area contributed by atoms with Crippen LogP contribution in [0, 0.1) is 17.6 Å². The standard InChI is InChI=1S/C11H14BrF2NO.ClH/c1-5(2)11(16)10(15)8-7(13)4-3-6(12)9(8)14;/h3-5,10-11,16H,15H2,1-2H3;1H/t10-,11+;/m0./s1. The maximum atomic E-state index is 13.7. The van der Waals surface area contributed by atoms with Gasteiger partial charge in [0.15, 0.2) is 0 Å². The van der Waals surface area contributed by atoms with Gasteiger partial charge in [-0.15, -0.1) is 12.4 Å². The molecule has 1 rings (SSSR count). The lowest BCUT2D eigenvalue weighted by Gasteiger charge is -2.23. The summed E-state index contributed by atoms with van der Waals surface area (Å²) in [7, 11) is 0. The Kier molecular flexibility index (Phi) is 6.55. The van der Waals surface area contributed by atoms with Gasteiger partial charge in [-0.05, 0) is 34.0 Å². The molecule has 0 aromatic heterocycles. The highest BCUT2D eigenvalue weighted by molar-refractivity contribution is 9.10. The smallest absolute Gasteiger partial charge is 0.145 e. The van der Waals surface area contributed by atoms with Crippen molar-refractivity contribution in [2.24, 2.45) is 11.7 Å². The normalized spacial score (nSPS) is 14.4. The van der Waals surface area contributed by atoms with E-state index in [1.165, 1.54) is 6.07 Å². The second-order valence-corrected chi connectivity index (χ2v) is 4.87. The Balaban J connectivity index is 0.00000256. The van der Waals surface area contributed by atoms with Crippen molar-refractivity contribution in [3.8, 4) is 0 Å². The van der Waals surface area contributed by atoms with Crippen molar-refractivity contribution in [1.29, 1.82) is 0 Å². The van der Waals surface area contributed by atoms with Crippen molar-refractivity contribution in [2.75, 3.05) is 0 Å². The molecule has 0 saturated carbocycles. The third kappa shape index (κ3) is 3.61. The lowest BCUT2D eigenvalue weighted by atomic mass is 9.94. The molecule has 1 aromatic rings. The highest BCUT2D eigenvalue weighted by Gasteiger charge is 2.26. The predicted molar refractivity (Wildman–Crippen MR) is 69.1 cm³/mol. The monoisotopic (exact) mass is 329 g/mol. The van der Waals surface area contributed by atoms with Gasteiger partial charge in [0.05, 0.1) is 16.6 Å². The van der Waals surface area contributed by atoms with Crippen LogP contribution in [0.3, 0.4) is 0 Å². The summed E-state index contributed by atoms with van der Waals surface area (Å²) in [5.41, 5.74) is 5.38. The van der Waals surface area contributed by atoms with Crippen molar-refractivity contribution >= 4 is 28.3 Å². The van der Waals surface area contributed by atoms with E-state index in [-0.39, 0.29) is 28.4 Å². The molecule has 0 spiro atoms. The molecule has 1 aromatic carbocycles. The zero-order chi connectivity index (χ0) is 12.5. The number of aliphatic hydroxyl groups excluding tert-OH is 1. The van der Waals surface area contributed by atoms with Gasteiger partial charge < -0.3 is 10.8 Å². The van der Waals surface area contributed by atoms with Gasteiger partial charge in [-0.1, -0.05) is 13.8 Å². The quantitative estimate of drug-likeness (QED) is 0.836. The molecule has 6 heteroatoms. The van der Waals surface area contributed by atoms with Crippen molar-refractivity contribution in [1.82, 2.24) is 0 Å². The minimum atomic E-state index is -1.07. The fourth-order valence-electron chi connectivity index (χ4n) is 1.43. The maximum absolute atomic E-state index is 13.7. The first-order valence-corrected chi connectivity index (χ1v) is 5.72. The van der Waals surface area contributed by atoms with E-state index >= 15 is 0 Å². The minimum Gasteiger partial charge on any atom is -0.391 e. The average molecular weight is 331 g/mol. The van der Waals surface area contributed by atoms with Gasteiger partial charge in [-0.2, -0.15) is 0 Å². The van der Waals surface area contributed by atoms with Crippen LogP contribution in [-0.4, -0.2) is 11.2 Å². The van der Waals surface area contributed by atoms with Crippen LogP contribution in [0.2, 0.25) is 0 Å². The summed E-state index contributed by atoms with van der Waals surface area (Å²) in [6.45, 7) is 3.47. The maximum Gasteiger partial charge on any atom is 0.145 e. The van der Waals surface area contributed by atoms with E-state index in [0.29, 0.717) is 0 Å². The van der Waals surface area contributed by atoms with Crippen LogP contribution >= 0.6 is 28.3 Å². The summed E-state index contributed by atoms with van der Waals surface area (Å²) in [6, 6.07) is 1.32. The van der Waals surface area contributed by atoms with Crippen molar-refractivity contribution < 1.29 is 13.9 Å². The largest absolute Gasteiger partial charge is 0.391 e. The molecule has 0 amide bonds. The summed E-state index contributed by atoms with van der Waals surface area (Å²) in [5, 5.41) is 9.71. The van der Waals surface area contributed by atoms with Crippen molar-refractivity contribution in [3.63, 3.8) is 0 Å². The zero-order valence-electron chi connectivity index (χ0n) is 9.45. The molecule has 2 nitrogen and oxygen atoms in total. The SMILES string of the molecule is CC(C)[C@@H](O)[C@@H](N)c1c(F)ccc(Br)c1F.Cl. The molecule has 17 heavy (non-hydrogen) atoms. The lowest BCUT2D eigenvalue weighted by molar-refractivity contribution is 0.0951. The van der Waals surface area contributed by atoms with Gasteiger partial charge in [0, 0.05) is 5.56 Å². The second-order valence-electron chi connectivity index (χ2n) is 4.02. The van der Waals surface area contributed by atoms with Gasteiger partial charge >= 0.3 is 0 Å². The van der Waals surface area contributed by atoms with E-state index in [1.54, 1.807) is 13.8 Å². The second kappa shape index (κ2) is 6.64. The number of hydrogen-bond donors (Lipinski definition) is 2. The fourth-order valence-corrected chi connectivity index (χ4v) is 1.78. The fraction of sp³-hybridized carbons (Fsp3) is 0.455. The van der Waals surface area contributed by atoms with E-state index in [9.17, 15) is 13.9 Å². The van der Waals surface area contributed by atoms with Gasteiger partial charge in [0.1, 0.15) is 11.6 Å². The summed E-state index contributed by atoms with van der Waals surface area (Å²) >= 11 is 2.96. The first kappa shape index (κ1) is 16.8. The van der Waals surface area contributed by atoms with E-state index in [2.05, 4.69) is 15.9 Å². The third-order valence-corrected chi connectivity index (χ3v) is 3.08. The Morgan fingerprint density at radius 1 is 1.29 bits per heavy atom. The van der Waals surface area contributed by atoms with E-state index in [0.717, 1.165) is 6.07 Å². The minimum absolute atomic E-state index is 0. The number of nitrogens with two attached hydrogens (primary N) is 1. The van der Waals surface area contributed by atoms with E-state index < -0.39 is 23.8 Å². The predicted octanol–water partition coefficient (Wildman–Crippen LogP) is 3.17. The molecule has 0 aliphatic heterocycles. The number of benzene rings is 1. The van der Waals surface area contributed by atoms with Gasteiger partial charge in [0.25, 0.3) is 0 Å². The van der Waals surface area contributed by atoms with Crippen LogP contribution in [0.1, 0.15) is 25.5 Å². The van der Waals surface area contributed by atoms with Crippen LogP contribution in [0.25, 0.3) is 0 Å². The third-order valence-electron chi connectivity index (χ3n) is 2.46. The molecular weight excluding hydrogens is 315 g/mol. The molecule has 0 saturated heterocycles. The molecule has 0 unspecified atom stereocenters. The molecular formula is C11H15BrClF2NO. The summed E-state index contributed by atoms with van der Waals surface area (Å²) in [5.74, 6) is -1.67. The lowest BCUT2D eigenvalue weighted by Crippen LogP contribution is -2.32. The molecule has 98 valence electrons. The molecule has 0 aliphatic rings. The Bertz CT molecular complexity index is 390. The van der Waals surface area contributed by atoms with Crippen LogP contribution in [0.15, 0.2) is 16.6 Å². The Hall–Kier alpha value is -0.230. The van der Waals surface area contributed by atoms with Gasteiger partial charge in [-0.25, -0.2) is 8.78 Å². The van der Waals surface area contributed by atoms with Gasteiger partial charge in [-0.3, -0.25) is 0 Å². The Labute approximate surface area is 114 Å². The van der Waals surface area contributed by atoms with Crippen molar-refractivity contribution in [3.05, 3.63) is 33.8 Å². The number of hydrogen-bond acceptors (Lipinski definition) is 2. The van der Waals surface area contributed by atoms with Crippen LogP contribution in [0.4, 0.5) is 8.78 Å². The highest BCUT2D eigenvalue weighted by Crippen LogP contribution is 2.28. The van der Waals surface area contributed by atoms with Crippen LogP contribution in [-0.2, 0) is 0 Å². The van der Waals surface area contributed by atoms with Crippen LogP contribution < -0.4 is 5.73 Å². The molecule has 0 heterocycles. The highest BCUT2D eigenvalue weighted by atomic mass is 79.9. The molecule has 0 aliphatic carbocycles. The number of rotatable bonds is 3. The van der Waals surface area contributed by atoms with E-state index in [1.807, 2.05) is 0 Å². The average Bonchev–Trinajstić information content (AvgIpc) is 2.22. The zero-order valence-corrected chi connectivity index (χ0v) is 11.9. The number of aliphatic hydroxyl groups is 1. The molecule has 0 radical (unpaired) electrons. The summed E-state index contributed by atoms with van der Waals surface area (Å²) in [4.78, 5) is 0. The molecule has 3 N–H and O–H groups in total. The van der Waals surface area contributed by atoms with E-state index in [4.69, 9.17) is 5.73 Å². The topological polar surface area (TPSA) is 46.2 Å². The van der Waals surface area contributed by atoms with Crippen LogP contribution in [0.5, 0.6) is 0 Å². The summed E-state index contributed by atoms with van der Waals surface area (Å²) < 4.78 is 27.2. The molecule has 0 fully saturated rings. The molecule has 0 bridgehead atoms. The first-order chi connectivity index (χ1) is 7.36. The Morgan fingerprint density at radius 3 is 2.29 bits per heavy atom. The van der Waals surface area contributed by atoms with Gasteiger partial charge in [0.2, 0.25) is 0 Å². The molecule has 2 atom stereocenters. The Morgan fingerprint density at radius 2 is 1.82 bits per heavy atom. The first-order valence-electron chi connectivity index (χ1n) is 4.93. The van der Waals surface area contributed by atoms with Crippen molar-refractivity contribution in [2.45, 2.75) is 26.0 Å².